The van der Waals surface area contributed by atoms with E-state index in [0.717, 1.165) is 6.20 Å². The molecular formula is C17H18FN5O3S. The van der Waals surface area contributed by atoms with Crippen LogP contribution in [-0.2, 0) is 5.75 Å². The van der Waals surface area contributed by atoms with Gasteiger partial charge in [-0.3, -0.25) is 4.79 Å². The first-order valence-corrected chi connectivity index (χ1v) is 9.08. The van der Waals surface area contributed by atoms with E-state index in [4.69, 9.17) is 4.74 Å². The maximum Gasteiger partial charge on any atom is 0.268 e. The summed E-state index contributed by atoms with van der Waals surface area (Å²) in [5.41, 5.74) is 0.736. The van der Waals surface area contributed by atoms with Crippen LogP contribution in [0.2, 0.25) is 0 Å². The molecule has 1 aromatic carbocycles. The summed E-state index contributed by atoms with van der Waals surface area (Å²) in [4.78, 5) is 26.9. The molecule has 0 radical (unpaired) electrons. The van der Waals surface area contributed by atoms with E-state index in [2.05, 4.69) is 25.3 Å². The van der Waals surface area contributed by atoms with Crippen LogP contribution in [0.5, 0.6) is 5.75 Å². The summed E-state index contributed by atoms with van der Waals surface area (Å²) in [6, 6.07) is 4.36. The predicted molar refractivity (Wildman–Crippen MR) is 101 cm³/mol. The molecule has 0 spiro atoms. The van der Waals surface area contributed by atoms with Crippen LogP contribution in [0.3, 0.4) is 0 Å². The van der Waals surface area contributed by atoms with Crippen molar-refractivity contribution < 1.29 is 14.2 Å². The second-order valence-electron chi connectivity index (χ2n) is 5.77. The van der Waals surface area contributed by atoms with Crippen LogP contribution in [-0.4, -0.2) is 44.8 Å². The monoisotopic (exact) mass is 391 g/mol. The van der Waals surface area contributed by atoms with Crippen molar-refractivity contribution in [3.63, 3.8) is 0 Å². The van der Waals surface area contributed by atoms with Crippen LogP contribution in [0, 0.1) is 5.82 Å². The van der Waals surface area contributed by atoms with Gasteiger partial charge < -0.3 is 20.1 Å². The maximum absolute atomic E-state index is 14.1. The molecule has 2 aromatic heterocycles. The fraction of sp³-hybridized carbons (Fsp3) is 0.294. The van der Waals surface area contributed by atoms with Crippen molar-refractivity contribution in [2.75, 3.05) is 19.0 Å². The van der Waals surface area contributed by atoms with Gasteiger partial charge in [-0.15, -0.1) is 0 Å². The number of nitrogens with one attached hydrogen (secondary N) is 2. The normalized spacial score (nSPS) is 12.1. The molecule has 0 aliphatic heterocycles. The zero-order valence-electron chi connectivity index (χ0n) is 14.7. The first-order chi connectivity index (χ1) is 13.0. The Balaban J connectivity index is 1.90. The smallest absolute Gasteiger partial charge is 0.268 e. The number of hydrogen-bond acceptors (Lipinski definition) is 8. The zero-order valence-corrected chi connectivity index (χ0v) is 15.5. The van der Waals surface area contributed by atoms with Gasteiger partial charge in [0.25, 0.3) is 5.56 Å². The molecule has 0 bridgehead atoms. The van der Waals surface area contributed by atoms with Crippen LogP contribution in [0.25, 0.3) is 11.2 Å². The Labute approximate surface area is 158 Å². The number of aliphatic hydroxyl groups is 1. The van der Waals surface area contributed by atoms with Gasteiger partial charge >= 0.3 is 0 Å². The lowest BCUT2D eigenvalue weighted by Crippen LogP contribution is -2.21. The summed E-state index contributed by atoms with van der Waals surface area (Å²) < 4.78 is 19.1. The molecule has 8 nitrogen and oxygen atoms in total. The van der Waals surface area contributed by atoms with Gasteiger partial charge in [-0.05, 0) is 18.6 Å². The van der Waals surface area contributed by atoms with Crippen molar-refractivity contribution in [3.05, 3.63) is 46.1 Å². The highest BCUT2D eigenvalue weighted by atomic mass is 32.2. The van der Waals surface area contributed by atoms with E-state index in [1.807, 2.05) is 0 Å². The first kappa shape index (κ1) is 19.1. The van der Waals surface area contributed by atoms with Gasteiger partial charge in [-0.1, -0.05) is 17.8 Å². The van der Waals surface area contributed by atoms with Gasteiger partial charge in [0.15, 0.2) is 16.6 Å². The molecule has 10 heteroatoms. The van der Waals surface area contributed by atoms with E-state index in [-0.39, 0.29) is 29.7 Å². The number of benzene rings is 1. The molecule has 0 aliphatic rings. The molecule has 0 saturated heterocycles. The fourth-order valence-electron chi connectivity index (χ4n) is 2.27. The second kappa shape index (κ2) is 8.31. The van der Waals surface area contributed by atoms with Crippen molar-refractivity contribution in [1.82, 2.24) is 19.9 Å². The van der Waals surface area contributed by atoms with Crippen LogP contribution in [0.15, 0.2) is 34.3 Å². The average Bonchev–Trinajstić information content (AvgIpc) is 2.66. The van der Waals surface area contributed by atoms with E-state index in [0.29, 0.717) is 33.6 Å². The number of aromatic amines is 1. The lowest BCUT2D eigenvalue weighted by atomic mass is 10.2. The van der Waals surface area contributed by atoms with Crippen LogP contribution in [0.1, 0.15) is 12.5 Å². The van der Waals surface area contributed by atoms with Gasteiger partial charge in [0, 0.05) is 17.9 Å². The SMILES string of the molecule is COc1ccc(CSc2nc(N[C@H](C)CO)c3ncc(=O)[nH]c3n2)c(F)c1. The Morgan fingerprint density at radius 2 is 2.22 bits per heavy atom. The summed E-state index contributed by atoms with van der Waals surface area (Å²) in [7, 11) is 1.48. The zero-order chi connectivity index (χ0) is 19.4. The highest BCUT2D eigenvalue weighted by molar-refractivity contribution is 7.98. The third kappa shape index (κ3) is 4.52. The number of hydrogen-bond donors (Lipinski definition) is 3. The summed E-state index contributed by atoms with van der Waals surface area (Å²) >= 11 is 1.22. The second-order valence-corrected chi connectivity index (χ2v) is 6.72. The quantitative estimate of drug-likeness (QED) is 0.414. The van der Waals surface area contributed by atoms with Crippen molar-refractivity contribution in [2.24, 2.45) is 0 Å². The average molecular weight is 391 g/mol. The molecule has 3 N–H and O–H groups in total. The number of fused-ring (bicyclic) bond motifs is 1. The summed E-state index contributed by atoms with van der Waals surface area (Å²) in [5, 5.41) is 12.6. The lowest BCUT2D eigenvalue weighted by Gasteiger charge is -2.13. The van der Waals surface area contributed by atoms with Crippen LogP contribution >= 0.6 is 11.8 Å². The molecule has 0 amide bonds. The van der Waals surface area contributed by atoms with Crippen LogP contribution < -0.4 is 15.6 Å². The molecule has 142 valence electrons. The number of methoxy groups -OCH3 is 1. The summed E-state index contributed by atoms with van der Waals surface area (Å²) in [5.74, 6) is 0.734. The minimum Gasteiger partial charge on any atom is -0.497 e. The Kier molecular flexibility index (Phi) is 5.87. The van der Waals surface area contributed by atoms with E-state index in [9.17, 15) is 14.3 Å². The Hall–Kier alpha value is -2.72. The fourth-order valence-corrected chi connectivity index (χ4v) is 3.10. The van der Waals surface area contributed by atoms with Crippen molar-refractivity contribution in [2.45, 2.75) is 23.9 Å². The highest BCUT2D eigenvalue weighted by Crippen LogP contribution is 2.26. The number of H-pyrrole nitrogens is 1. The largest absolute Gasteiger partial charge is 0.497 e. The number of aliphatic hydroxyl groups excluding tert-OH is 1. The van der Waals surface area contributed by atoms with Gasteiger partial charge in [0.1, 0.15) is 17.1 Å². The molecule has 0 unspecified atom stereocenters. The van der Waals surface area contributed by atoms with Crippen molar-refractivity contribution in [1.29, 1.82) is 0 Å². The minimum absolute atomic E-state index is 0.103. The number of thioether (sulfide) groups is 1. The van der Waals surface area contributed by atoms with Gasteiger partial charge in [0.2, 0.25) is 0 Å². The number of halogens is 1. The molecule has 2 heterocycles. The third-order valence-electron chi connectivity index (χ3n) is 3.69. The molecule has 0 fully saturated rings. The maximum atomic E-state index is 14.1. The minimum atomic E-state index is -0.389. The summed E-state index contributed by atoms with van der Waals surface area (Å²) in [6.45, 7) is 1.67. The third-order valence-corrected chi connectivity index (χ3v) is 4.59. The number of nitrogens with zero attached hydrogens (tertiary/aromatic N) is 3. The van der Waals surface area contributed by atoms with Crippen LogP contribution in [0.4, 0.5) is 10.2 Å². The number of anilines is 1. The van der Waals surface area contributed by atoms with E-state index in [1.54, 1.807) is 19.1 Å². The molecule has 27 heavy (non-hydrogen) atoms. The van der Waals surface area contributed by atoms with Crippen molar-refractivity contribution >= 4 is 28.7 Å². The predicted octanol–water partition coefficient (Wildman–Crippen LogP) is 1.95. The van der Waals surface area contributed by atoms with E-state index >= 15 is 0 Å². The highest BCUT2D eigenvalue weighted by Gasteiger charge is 2.13. The number of rotatable bonds is 7. The van der Waals surface area contributed by atoms with Gasteiger partial charge in [0.05, 0.1) is 19.9 Å². The lowest BCUT2D eigenvalue weighted by molar-refractivity contribution is 0.281. The van der Waals surface area contributed by atoms with E-state index < -0.39 is 0 Å². The standard InChI is InChI=1S/C17H18FN5O3S/c1-9(7-24)20-15-14-16(21-13(25)6-19-14)23-17(22-15)27-8-10-3-4-11(26-2)5-12(10)18/h3-6,9,24H,7-8H2,1-2H3,(H2,20,21,22,23,25)/t9-/m1/s1. The number of ether oxygens (including phenoxy) is 1. The molecule has 3 rings (SSSR count). The van der Waals surface area contributed by atoms with Crippen molar-refractivity contribution in [3.8, 4) is 5.75 Å². The first-order valence-electron chi connectivity index (χ1n) is 8.10. The molecule has 1 atom stereocenters. The molecule has 0 saturated carbocycles. The number of aromatic nitrogens is 4. The van der Waals surface area contributed by atoms with Gasteiger partial charge in [-0.25, -0.2) is 19.3 Å². The van der Waals surface area contributed by atoms with Gasteiger partial charge in [-0.2, -0.15) is 0 Å². The molecular weight excluding hydrogens is 373 g/mol. The Morgan fingerprint density at radius 3 is 2.93 bits per heavy atom. The summed E-state index contributed by atoms with van der Waals surface area (Å²) in [6.07, 6.45) is 1.14. The Morgan fingerprint density at radius 1 is 1.41 bits per heavy atom. The van der Waals surface area contributed by atoms with E-state index in [1.165, 1.54) is 24.9 Å². The Bertz CT molecular complexity index is 1010. The molecule has 0 aliphatic carbocycles. The topological polar surface area (TPSA) is 113 Å². The molecule has 3 aromatic rings.